The third-order valence-electron chi connectivity index (χ3n) is 2.27. The first-order chi connectivity index (χ1) is 8.56. The van der Waals surface area contributed by atoms with Crippen molar-refractivity contribution in [1.82, 2.24) is 0 Å². The van der Waals surface area contributed by atoms with E-state index in [1.54, 1.807) is 31.3 Å². The van der Waals surface area contributed by atoms with Crippen molar-refractivity contribution in [3.05, 3.63) is 24.3 Å². The first kappa shape index (κ1) is 14.0. The number of hydrogen-bond acceptors (Lipinski definition) is 4. The van der Waals surface area contributed by atoms with E-state index < -0.39 is 12.6 Å². The van der Waals surface area contributed by atoms with Crippen LogP contribution in [0.3, 0.4) is 0 Å². The topological polar surface area (TPSA) is 76.1 Å². The van der Waals surface area contributed by atoms with Crippen LogP contribution in [0.2, 0.25) is 0 Å². The van der Waals surface area contributed by atoms with E-state index in [1.807, 2.05) is 0 Å². The molecule has 98 valence electrons. The van der Waals surface area contributed by atoms with Gasteiger partial charge in [0.1, 0.15) is 19.0 Å². The molecule has 0 heterocycles. The van der Waals surface area contributed by atoms with Crippen molar-refractivity contribution in [1.29, 1.82) is 0 Å². The van der Waals surface area contributed by atoms with Gasteiger partial charge in [-0.15, -0.1) is 0 Å². The number of nitrogens with zero attached hydrogens (tertiary/aromatic N) is 1. The number of carboxylic acids is 1. The van der Waals surface area contributed by atoms with E-state index in [2.05, 4.69) is 0 Å². The number of methoxy groups -OCH3 is 1. The zero-order chi connectivity index (χ0) is 13.5. The van der Waals surface area contributed by atoms with E-state index in [4.69, 9.17) is 14.6 Å². The summed E-state index contributed by atoms with van der Waals surface area (Å²) in [5.74, 6) is -0.893. The normalized spacial score (nSPS) is 9.89. The summed E-state index contributed by atoms with van der Waals surface area (Å²) in [6.07, 6.45) is 0. The van der Waals surface area contributed by atoms with E-state index in [9.17, 15) is 9.59 Å². The number of amides is 1. The number of aliphatic carboxylic acids is 1. The molecule has 0 atom stereocenters. The third kappa shape index (κ3) is 3.74. The maximum atomic E-state index is 11.7. The summed E-state index contributed by atoms with van der Waals surface area (Å²) in [6.45, 7) is -0.785. The molecule has 1 aromatic carbocycles. The van der Waals surface area contributed by atoms with E-state index in [-0.39, 0.29) is 12.5 Å². The molecule has 6 nitrogen and oxygen atoms in total. The molecule has 0 radical (unpaired) electrons. The van der Waals surface area contributed by atoms with Gasteiger partial charge in [0.25, 0.3) is 5.91 Å². The quantitative estimate of drug-likeness (QED) is 0.810. The second kappa shape index (κ2) is 6.61. The third-order valence-corrected chi connectivity index (χ3v) is 2.27. The first-order valence-corrected chi connectivity index (χ1v) is 5.25. The molecule has 0 aliphatic heterocycles. The second-order valence-electron chi connectivity index (χ2n) is 3.51. The molecule has 0 aliphatic carbocycles. The fourth-order valence-corrected chi connectivity index (χ4v) is 1.36. The van der Waals surface area contributed by atoms with Gasteiger partial charge in [0.05, 0.1) is 12.8 Å². The average molecular weight is 253 g/mol. The standard InChI is InChI=1S/C12H15NO5/c1-13(11(14)7-18-8-12(15)16)9-5-3-4-6-10(9)17-2/h3-6H,7-8H2,1-2H3,(H,15,16). The SMILES string of the molecule is COc1ccccc1N(C)C(=O)COCC(=O)O. The van der Waals surface area contributed by atoms with Gasteiger partial charge in [-0.1, -0.05) is 12.1 Å². The monoisotopic (exact) mass is 253 g/mol. The number of carbonyl (C=O) groups is 2. The van der Waals surface area contributed by atoms with Crippen LogP contribution in [0.4, 0.5) is 5.69 Å². The fraction of sp³-hybridized carbons (Fsp3) is 0.333. The predicted molar refractivity (Wildman–Crippen MR) is 64.9 cm³/mol. The van der Waals surface area contributed by atoms with Crippen LogP contribution >= 0.6 is 0 Å². The highest BCUT2D eigenvalue weighted by molar-refractivity contribution is 5.95. The largest absolute Gasteiger partial charge is 0.495 e. The fourth-order valence-electron chi connectivity index (χ4n) is 1.36. The molecule has 1 aromatic rings. The van der Waals surface area contributed by atoms with Gasteiger partial charge in [0, 0.05) is 7.05 Å². The smallest absolute Gasteiger partial charge is 0.329 e. The summed E-state index contributed by atoms with van der Waals surface area (Å²) in [7, 11) is 3.09. The van der Waals surface area contributed by atoms with Crippen LogP contribution in [-0.4, -0.2) is 44.4 Å². The molecule has 1 N–H and O–H groups in total. The molecule has 1 rings (SSSR count). The molecule has 0 unspecified atom stereocenters. The number of carbonyl (C=O) groups excluding carboxylic acids is 1. The van der Waals surface area contributed by atoms with Crippen LogP contribution < -0.4 is 9.64 Å². The molecule has 0 aliphatic rings. The Hall–Kier alpha value is -2.08. The Morgan fingerprint density at radius 1 is 1.28 bits per heavy atom. The van der Waals surface area contributed by atoms with Gasteiger partial charge in [0.15, 0.2) is 0 Å². The lowest BCUT2D eigenvalue weighted by Gasteiger charge is -2.19. The molecule has 0 saturated carbocycles. The predicted octanol–water partition coefficient (Wildman–Crippen LogP) is 0.759. The summed E-state index contributed by atoms with van der Waals surface area (Å²) in [5.41, 5.74) is 0.601. The van der Waals surface area contributed by atoms with Crippen LogP contribution in [0.15, 0.2) is 24.3 Å². The molecule has 0 spiro atoms. The Labute approximate surface area is 105 Å². The Bertz CT molecular complexity index is 432. The minimum atomic E-state index is -1.11. The van der Waals surface area contributed by atoms with Gasteiger partial charge in [-0.05, 0) is 12.1 Å². The van der Waals surface area contributed by atoms with Crippen LogP contribution in [0.5, 0.6) is 5.75 Å². The van der Waals surface area contributed by atoms with Crippen molar-refractivity contribution in [3.63, 3.8) is 0 Å². The van der Waals surface area contributed by atoms with Gasteiger partial charge < -0.3 is 19.5 Å². The zero-order valence-corrected chi connectivity index (χ0v) is 10.3. The number of benzene rings is 1. The van der Waals surface area contributed by atoms with Gasteiger partial charge in [0.2, 0.25) is 0 Å². The van der Waals surface area contributed by atoms with Crippen molar-refractivity contribution in [2.75, 3.05) is 32.3 Å². The number of ether oxygens (including phenoxy) is 2. The highest BCUT2D eigenvalue weighted by Gasteiger charge is 2.15. The molecule has 0 aromatic heterocycles. The summed E-state index contributed by atoms with van der Waals surface area (Å²) in [6, 6.07) is 7.03. The maximum Gasteiger partial charge on any atom is 0.329 e. The molecule has 0 fully saturated rings. The minimum Gasteiger partial charge on any atom is -0.495 e. The highest BCUT2D eigenvalue weighted by atomic mass is 16.5. The average Bonchev–Trinajstić information content (AvgIpc) is 2.37. The lowest BCUT2D eigenvalue weighted by atomic mass is 10.2. The second-order valence-corrected chi connectivity index (χ2v) is 3.51. The molecule has 0 bridgehead atoms. The zero-order valence-electron chi connectivity index (χ0n) is 10.3. The number of likely N-dealkylation sites (N-methyl/N-ethyl adjacent to an activating group) is 1. The summed E-state index contributed by atoms with van der Waals surface area (Å²) in [4.78, 5) is 23.4. The molecule has 1 amide bonds. The van der Waals surface area contributed by atoms with Crippen LogP contribution in [0.25, 0.3) is 0 Å². The van der Waals surface area contributed by atoms with E-state index in [0.717, 1.165) is 0 Å². The van der Waals surface area contributed by atoms with Gasteiger partial charge >= 0.3 is 5.97 Å². The maximum absolute atomic E-state index is 11.7. The number of para-hydroxylation sites is 2. The van der Waals surface area contributed by atoms with Crippen LogP contribution in [0.1, 0.15) is 0 Å². The van der Waals surface area contributed by atoms with Crippen molar-refractivity contribution < 1.29 is 24.2 Å². The highest BCUT2D eigenvalue weighted by Crippen LogP contribution is 2.26. The molecule has 0 saturated heterocycles. The van der Waals surface area contributed by atoms with Crippen molar-refractivity contribution >= 4 is 17.6 Å². The Morgan fingerprint density at radius 2 is 1.94 bits per heavy atom. The lowest BCUT2D eigenvalue weighted by Crippen LogP contribution is -2.31. The van der Waals surface area contributed by atoms with Gasteiger partial charge in [-0.3, -0.25) is 4.79 Å². The van der Waals surface area contributed by atoms with Crippen LogP contribution in [-0.2, 0) is 14.3 Å². The first-order valence-electron chi connectivity index (χ1n) is 5.25. The summed E-state index contributed by atoms with van der Waals surface area (Å²) < 4.78 is 9.87. The Kier molecular flexibility index (Phi) is 5.13. The van der Waals surface area contributed by atoms with Gasteiger partial charge in [-0.2, -0.15) is 0 Å². The summed E-state index contributed by atoms with van der Waals surface area (Å²) >= 11 is 0. The lowest BCUT2D eigenvalue weighted by molar-refractivity contribution is -0.143. The van der Waals surface area contributed by atoms with Crippen molar-refractivity contribution in [2.24, 2.45) is 0 Å². The van der Waals surface area contributed by atoms with Crippen molar-refractivity contribution in [2.45, 2.75) is 0 Å². The number of anilines is 1. The number of carboxylic acid groups (broad SMARTS) is 1. The van der Waals surface area contributed by atoms with Gasteiger partial charge in [-0.25, -0.2) is 4.79 Å². The van der Waals surface area contributed by atoms with Crippen LogP contribution in [0, 0.1) is 0 Å². The Balaban J connectivity index is 2.65. The van der Waals surface area contributed by atoms with E-state index in [1.165, 1.54) is 12.0 Å². The molecule has 6 heteroatoms. The molecule has 18 heavy (non-hydrogen) atoms. The number of rotatable bonds is 6. The number of hydrogen-bond donors (Lipinski definition) is 1. The molecular weight excluding hydrogens is 238 g/mol. The Morgan fingerprint density at radius 3 is 2.56 bits per heavy atom. The summed E-state index contributed by atoms with van der Waals surface area (Å²) in [5, 5.41) is 8.39. The minimum absolute atomic E-state index is 0.291. The van der Waals surface area contributed by atoms with E-state index >= 15 is 0 Å². The molecular formula is C12H15NO5. The van der Waals surface area contributed by atoms with E-state index in [0.29, 0.717) is 11.4 Å². The van der Waals surface area contributed by atoms with Crippen molar-refractivity contribution in [3.8, 4) is 5.75 Å².